The van der Waals surface area contributed by atoms with E-state index < -0.39 is 42.4 Å². The maximum absolute atomic E-state index is 15.4. The number of hydrogen-bond acceptors (Lipinski definition) is 7. The summed E-state index contributed by atoms with van der Waals surface area (Å²) in [5.41, 5.74) is -1.21. The largest absolute Gasteiger partial charge is 0.387 e. The van der Waals surface area contributed by atoms with E-state index in [1.165, 1.54) is 0 Å². The number of nitrogen functional groups attached to an aromatic ring is 1. The first kappa shape index (κ1) is 16.3. The Morgan fingerprint density at radius 1 is 1.71 bits per heavy atom. The Kier molecular flexibility index (Phi) is 3.56. The highest BCUT2D eigenvalue weighted by Crippen LogP contribution is 2.46. The molecule has 0 saturated carbocycles. The summed E-state index contributed by atoms with van der Waals surface area (Å²) in [6.07, 6.45) is 2.40. The highest BCUT2D eigenvalue weighted by molar-refractivity contribution is 5.70. The average Bonchev–Trinajstić information content (AvgIpc) is 3.07. The van der Waals surface area contributed by atoms with Crippen molar-refractivity contribution >= 4 is 17.1 Å². The molecule has 0 radical (unpaired) electrons. The summed E-state index contributed by atoms with van der Waals surface area (Å²) in [7, 11) is 0. The van der Waals surface area contributed by atoms with Crippen molar-refractivity contribution in [2.75, 3.05) is 19.0 Å². The molecule has 24 heavy (non-hydrogen) atoms. The van der Waals surface area contributed by atoms with Gasteiger partial charge in [-0.3, -0.25) is 14.3 Å². The van der Waals surface area contributed by atoms with Gasteiger partial charge in [-0.15, -0.1) is 6.42 Å². The van der Waals surface area contributed by atoms with E-state index in [-0.39, 0.29) is 17.1 Å². The number of nitrogens with two attached hydrogens (primary N) is 1. The number of rotatable bonds is 3. The van der Waals surface area contributed by atoms with Gasteiger partial charge < -0.3 is 20.7 Å². The molecule has 0 amide bonds. The molecule has 1 aliphatic heterocycles. The number of aliphatic hydroxyl groups excluding tert-OH is 1. The molecular weight excluding hydrogens is 328 g/mol. The number of terminal acetylenes is 1. The van der Waals surface area contributed by atoms with Crippen molar-refractivity contribution in [3.8, 4) is 12.3 Å². The molecule has 1 unspecified atom stereocenters. The number of aromatic nitrogens is 4. The molecule has 1 aliphatic rings. The molecule has 0 bridgehead atoms. The third-order valence-corrected chi connectivity index (χ3v) is 4.04. The van der Waals surface area contributed by atoms with Crippen LogP contribution in [0.25, 0.3) is 11.2 Å². The second kappa shape index (κ2) is 5.23. The predicted octanol–water partition coefficient (Wildman–Crippen LogP) is -1.37. The van der Waals surface area contributed by atoms with Gasteiger partial charge in [-0.05, 0) is 0 Å². The first-order valence-electron chi connectivity index (χ1n) is 6.75. The van der Waals surface area contributed by atoms with Gasteiger partial charge >= 0.3 is 0 Å². The zero-order valence-electron chi connectivity index (χ0n) is 12.1. The van der Waals surface area contributed by atoms with Crippen LogP contribution in [0.15, 0.2) is 11.1 Å². The van der Waals surface area contributed by atoms with Crippen molar-refractivity contribution in [2.24, 2.45) is 0 Å². The standard InChI is InChI=1S/C13H13F2N5O4/c1-2-12(15)10(24-4-13(12,23)6(21)3-14)20-5-17-7-8(20)18-11(16)19-9(7)22/h1,5-6,10,21,23H,3-4H2,(H3,16,18,19,22)/t6?,10-,12+,13-/m1/s1. The van der Waals surface area contributed by atoms with Crippen LogP contribution in [-0.2, 0) is 4.74 Å². The lowest BCUT2D eigenvalue weighted by Crippen LogP contribution is -2.59. The van der Waals surface area contributed by atoms with Crippen molar-refractivity contribution in [1.82, 2.24) is 19.5 Å². The fraction of sp³-hybridized carbons (Fsp3) is 0.462. The van der Waals surface area contributed by atoms with Crippen LogP contribution in [0.2, 0.25) is 0 Å². The molecule has 1 fully saturated rings. The second-order valence-corrected chi connectivity index (χ2v) is 5.39. The molecule has 3 rings (SSSR count). The molecule has 5 N–H and O–H groups in total. The number of imidazole rings is 1. The number of ether oxygens (including phenoxy) is 1. The highest BCUT2D eigenvalue weighted by Gasteiger charge is 2.66. The van der Waals surface area contributed by atoms with Gasteiger partial charge in [0.15, 0.2) is 23.0 Å². The summed E-state index contributed by atoms with van der Waals surface area (Å²) in [4.78, 5) is 21.6. The molecule has 2 aromatic heterocycles. The number of hydrogen-bond donors (Lipinski definition) is 4. The number of H-pyrrole nitrogens is 1. The summed E-state index contributed by atoms with van der Waals surface area (Å²) in [5, 5.41) is 20.0. The Hall–Kier alpha value is -2.55. The van der Waals surface area contributed by atoms with Crippen molar-refractivity contribution in [1.29, 1.82) is 0 Å². The number of aromatic amines is 1. The van der Waals surface area contributed by atoms with Crippen molar-refractivity contribution in [3.63, 3.8) is 0 Å². The smallest absolute Gasteiger partial charge is 0.280 e. The van der Waals surface area contributed by atoms with Crippen LogP contribution in [0.1, 0.15) is 6.23 Å². The van der Waals surface area contributed by atoms with E-state index in [9.17, 15) is 19.4 Å². The van der Waals surface area contributed by atoms with Crippen LogP contribution in [0.5, 0.6) is 0 Å². The van der Waals surface area contributed by atoms with Gasteiger partial charge in [-0.25, -0.2) is 13.8 Å². The molecule has 0 spiro atoms. The Bertz CT molecular complexity index is 893. The van der Waals surface area contributed by atoms with E-state index in [0.29, 0.717) is 0 Å². The molecule has 11 heteroatoms. The van der Waals surface area contributed by atoms with Crippen LogP contribution in [0.4, 0.5) is 14.7 Å². The van der Waals surface area contributed by atoms with Gasteiger partial charge in [0.25, 0.3) is 5.56 Å². The number of halogens is 2. The van der Waals surface area contributed by atoms with Gasteiger partial charge in [0.1, 0.15) is 12.8 Å². The molecule has 9 nitrogen and oxygen atoms in total. The average molecular weight is 341 g/mol. The Labute approximate surface area is 133 Å². The lowest BCUT2D eigenvalue weighted by atomic mass is 9.82. The number of nitrogens with one attached hydrogen (secondary N) is 1. The van der Waals surface area contributed by atoms with Crippen LogP contribution in [0, 0.1) is 12.3 Å². The zero-order valence-corrected chi connectivity index (χ0v) is 12.1. The lowest BCUT2D eigenvalue weighted by molar-refractivity contribution is -0.135. The monoisotopic (exact) mass is 341 g/mol. The third kappa shape index (κ3) is 1.94. The van der Waals surface area contributed by atoms with E-state index in [0.717, 1.165) is 10.9 Å². The number of anilines is 1. The first-order valence-corrected chi connectivity index (χ1v) is 6.75. The topological polar surface area (TPSA) is 139 Å². The Morgan fingerprint density at radius 3 is 3.04 bits per heavy atom. The van der Waals surface area contributed by atoms with Gasteiger partial charge in [0, 0.05) is 0 Å². The van der Waals surface area contributed by atoms with Crippen LogP contribution in [-0.4, -0.2) is 60.4 Å². The molecule has 3 heterocycles. The van der Waals surface area contributed by atoms with Gasteiger partial charge in [0.2, 0.25) is 11.6 Å². The minimum absolute atomic E-state index is 0.141. The summed E-state index contributed by atoms with van der Waals surface area (Å²) in [6, 6.07) is 0. The minimum atomic E-state index is -3.01. The minimum Gasteiger partial charge on any atom is -0.387 e. The number of nitrogens with zero attached hydrogens (tertiary/aromatic N) is 3. The van der Waals surface area contributed by atoms with E-state index >= 15 is 4.39 Å². The first-order chi connectivity index (χ1) is 11.3. The molecule has 1 saturated heterocycles. The van der Waals surface area contributed by atoms with Crippen LogP contribution in [0.3, 0.4) is 0 Å². The van der Waals surface area contributed by atoms with Crippen LogP contribution >= 0.6 is 0 Å². The Balaban J connectivity index is 2.18. The number of fused-ring (bicyclic) bond motifs is 1. The quantitative estimate of drug-likeness (QED) is 0.505. The molecule has 0 aromatic carbocycles. The zero-order chi connectivity index (χ0) is 17.7. The summed E-state index contributed by atoms with van der Waals surface area (Å²) in [5.74, 6) is 1.46. The van der Waals surface area contributed by atoms with Gasteiger partial charge in [-0.1, -0.05) is 5.92 Å². The molecule has 4 atom stereocenters. The van der Waals surface area contributed by atoms with Crippen molar-refractivity contribution < 1.29 is 23.7 Å². The normalized spacial score (nSPS) is 31.2. The SMILES string of the molecule is C#C[C@]1(F)[C@H](n2cnc3c(=O)[nH]c(N)nc32)OC[C@@]1(O)C(O)CF. The second-order valence-electron chi connectivity index (χ2n) is 5.39. The van der Waals surface area contributed by atoms with Crippen molar-refractivity contribution in [2.45, 2.75) is 23.6 Å². The fourth-order valence-corrected chi connectivity index (χ4v) is 2.69. The lowest BCUT2D eigenvalue weighted by Gasteiger charge is -2.35. The van der Waals surface area contributed by atoms with Gasteiger partial charge in [-0.2, -0.15) is 4.98 Å². The summed E-state index contributed by atoms with van der Waals surface area (Å²) >= 11 is 0. The van der Waals surface area contributed by atoms with E-state index in [1.807, 2.05) is 0 Å². The number of alkyl halides is 2. The summed E-state index contributed by atoms with van der Waals surface area (Å²) < 4.78 is 34.3. The molecule has 0 aliphatic carbocycles. The van der Waals surface area contributed by atoms with E-state index in [1.54, 1.807) is 5.92 Å². The maximum atomic E-state index is 15.4. The Morgan fingerprint density at radius 2 is 2.42 bits per heavy atom. The summed E-state index contributed by atoms with van der Waals surface area (Å²) in [6.45, 7) is -2.21. The van der Waals surface area contributed by atoms with Crippen molar-refractivity contribution in [3.05, 3.63) is 16.7 Å². The fourth-order valence-electron chi connectivity index (χ4n) is 2.69. The van der Waals surface area contributed by atoms with E-state index in [2.05, 4.69) is 15.0 Å². The molecule has 2 aromatic rings. The van der Waals surface area contributed by atoms with Gasteiger partial charge in [0.05, 0.1) is 12.9 Å². The van der Waals surface area contributed by atoms with Crippen LogP contribution < -0.4 is 11.3 Å². The molecule has 128 valence electrons. The molecular formula is C13H13F2N5O4. The third-order valence-electron chi connectivity index (χ3n) is 4.04. The predicted molar refractivity (Wildman–Crippen MR) is 77.2 cm³/mol. The number of aliphatic hydroxyl groups is 2. The highest BCUT2D eigenvalue weighted by atomic mass is 19.1. The van der Waals surface area contributed by atoms with E-state index in [4.69, 9.17) is 16.9 Å². The maximum Gasteiger partial charge on any atom is 0.280 e.